The smallest absolute Gasteiger partial charge is 0.347 e. The summed E-state index contributed by atoms with van der Waals surface area (Å²) in [4.78, 5) is 23.9. The minimum absolute atomic E-state index is 0.282. The largest absolute Gasteiger partial charge is 0.479 e. The highest BCUT2D eigenvalue weighted by molar-refractivity contribution is 6.33. The van der Waals surface area contributed by atoms with E-state index in [0.717, 1.165) is 6.42 Å². The first kappa shape index (κ1) is 18.8. The highest BCUT2D eigenvalue weighted by Gasteiger charge is 2.16. The van der Waals surface area contributed by atoms with E-state index in [1.54, 1.807) is 55.5 Å². The molecule has 25 heavy (non-hydrogen) atoms. The number of ether oxygens (including phenoxy) is 2. The van der Waals surface area contributed by atoms with E-state index in [0.29, 0.717) is 28.6 Å². The van der Waals surface area contributed by atoms with E-state index in [-0.39, 0.29) is 5.91 Å². The van der Waals surface area contributed by atoms with E-state index < -0.39 is 12.1 Å². The molecule has 5 nitrogen and oxygen atoms in total. The molecule has 6 heteroatoms. The maximum atomic E-state index is 12.2. The fraction of sp³-hybridized carbons (Fsp3) is 0.263. The summed E-state index contributed by atoms with van der Waals surface area (Å²) in [6.07, 6.45) is 0.0441. The third-order valence-electron chi connectivity index (χ3n) is 3.33. The Kier molecular flexibility index (Phi) is 6.83. The molecule has 2 aromatic carbocycles. The number of anilines is 1. The van der Waals surface area contributed by atoms with Gasteiger partial charge in [-0.3, -0.25) is 4.79 Å². The molecule has 1 N–H and O–H groups in total. The van der Waals surface area contributed by atoms with Crippen LogP contribution in [0.1, 0.15) is 30.6 Å². The minimum atomic E-state index is -0.714. The molecule has 0 radical (unpaired) electrons. The fourth-order valence-electron chi connectivity index (χ4n) is 2.01. The fourth-order valence-corrected chi connectivity index (χ4v) is 2.20. The first-order valence-electron chi connectivity index (χ1n) is 8.00. The van der Waals surface area contributed by atoms with Gasteiger partial charge in [0.25, 0.3) is 5.91 Å². The zero-order valence-electron chi connectivity index (χ0n) is 14.1. The lowest BCUT2D eigenvalue weighted by molar-refractivity contribution is -0.151. The molecule has 0 fully saturated rings. The van der Waals surface area contributed by atoms with Gasteiger partial charge in [0.15, 0.2) is 6.10 Å². The van der Waals surface area contributed by atoms with Crippen molar-refractivity contribution in [2.45, 2.75) is 26.4 Å². The molecule has 0 unspecified atom stereocenters. The molecule has 0 aliphatic carbocycles. The van der Waals surface area contributed by atoms with Crippen molar-refractivity contribution in [3.63, 3.8) is 0 Å². The second-order valence-corrected chi connectivity index (χ2v) is 5.79. The van der Waals surface area contributed by atoms with Crippen LogP contribution in [0.25, 0.3) is 0 Å². The molecule has 1 atom stereocenters. The highest BCUT2D eigenvalue weighted by atomic mass is 35.5. The van der Waals surface area contributed by atoms with Gasteiger partial charge in [-0.2, -0.15) is 0 Å². The normalized spacial score (nSPS) is 11.5. The van der Waals surface area contributed by atoms with Gasteiger partial charge in [-0.25, -0.2) is 4.79 Å². The predicted molar refractivity (Wildman–Crippen MR) is 97.2 cm³/mol. The summed E-state index contributed by atoms with van der Waals surface area (Å²) >= 11 is 6.03. The summed E-state index contributed by atoms with van der Waals surface area (Å²) in [5.74, 6) is -0.215. The zero-order valence-corrected chi connectivity index (χ0v) is 14.9. The average Bonchev–Trinajstić information content (AvgIpc) is 2.62. The number of hydrogen-bond acceptors (Lipinski definition) is 4. The summed E-state index contributed by atoms with van der Waals surface area (Å²) in [5.41, 5.74) is 0.996. The Morgan fingerprint density at radius 3 is 2.44 bits per heavy atom. The molecule has 2 rings (SSSR count). The quantitative estimate of drug-likeness (QED) is 0.746. The number of amides is 1. The highest BCUT2D eigenvalue weighted by Crippen LogP contribution is 2.22. The molecule has 0 saturated carbocycles. The van der Waals surface area contributed by atoms with Crippen LogP contribution in [0, 0.1) is 0 Å². The van der Waals surface area contributed by atoms with Gasteiger partial charge < -0.3 is 14.8 Å². The maximum Gasteiger partial charge on any atom is 0.347 e. The molecular weight excluding hydrogens is 342 g/mol. The van der Waals surface area contributed by atoms with Gasteiger partial charge >= 0.3 is 5.97 Å². The molecule has 1 amide bonds. The van der Waals surface area contributed by atoms with E-state index in [2.05, 4.69) is 5.32 Å². The SMILES string of the molecule is CCCOC(=O)[C@H](C)Oc1ccc(C(=O)Nc2ccccc2Cl)cc1. The first-order valence-corrected chi connectivity index (χ1v) is 8.38. The van der Waals surface area contributed by atoms with Gasteiger partial charge in [0.1, 0.15) is 5.75 Å². The van der Waals surface area contributed by atoms with Crippen LogP contribution in [0.15, 0.2) is 48.5 Å². The van der Waals surface area contributed by atoms with Crippen LogP contribution in [0.4, 0.5) is 5.69 Å². The van der Waals surface area contributed by atoms with Gasteiger partial charge in [-0.1, -0.05) is 30.7 Å². The van der Waals surface area contributed by atoms with Crippen LogP contribution in [0.5, 0.6) is 5.75 Å². The second kappa shape index (κ2) is 9.08. The van der Waals surface area contributed by atoms with E-state index in [1.807, 2.05) is 6.92 Å². The third-order valence-corrected chi connectivity index (χ3v) is 3.66. The first-order chi connectivity index (χ1) is 12.0. The van der Waals surface area contributed by atoms with Crippen molar-refractivity contribution in [1.82, 2.24) is 0 Å². The number of carbonyl (C=O) groups excluding carboxylic acids is 2. The maximum absolute atomic E-state index is 12.2. The van der Waals surface area contributed by atoms with Crippen LogP contribution in [-0.2, 0) is 9.53 Å². The van der Waals surface area contributed by atoms with Crippen molar-refractivity contribution < 1.29 is 19.1 Å². The van der Waals surface area contributed by atoms with E-state index in [4.69, 9.17) is 21.1 Å². The average molecular weight is 362 g/mol. The Bertz CT molecular complexity index is 730. The Morgan fingerprint density at radius 1 is 1.12 bits per heavy atom. The Hall–Kier alpha value is -2.53. The monoisotopic (exact) mass is 361 g/mol. The second-order valence-electron chi connectivity index (χ2n) is 5.39. The Balaban J connectivity index is 1.96. The molecule has 0 spiro atoms. The van der Waals surface area contributed by atoms with Gasteiger partial charge in [0, 0.05) is 5.56 Å². The van der Waals surface area contributed by atoms with Crippen molar-refractivity contribution in [2.24, 2.45) is 0 Å². The predicted octanol–water partition coefficient (Wildman–Crippen LogP) is 4.31. The molecule has 0 aliphatic rings. The lowest BCUT2D eigenvalue weighted by Crippen LogP contribution is -2.26. The molecule has 0 saturated heterocycles. The summed E-state index contributed by atoms with van der Waals surface area (Å²) in [6, 6.07) is 13.5. The van der Waals surface area contributed by atoms with Crippen LogP contribution in [0.3, 0.4) is 0 Å². The van der Waals surface area contributed by atoms with Crippen molar-refractivity contribution in [3.8, 4) is 5.75 Å². The lowest BCUT2D eigenvalue weighted by atomic mass is 10.2. The van der Waals surface area contributed by atoms with Crippen molar-refractivity contribution >= 4 is 29.2 Å². The molecule has 132 valence electrons. The van der Waals surface area contributed by atoms with E-state index in [1.165, 1.54) is 0 Å². The summed E-state index contributed by atoms with van der Waals surface area (Å²) in [7, 11) is 0. The number of hydrogen-bond donors (Lipinski definition) is 1. The summed E-state index contributed by atoms with van der Waals surface area (Å²) in [6.45, 7) is 3.91. The molecule has 0 heterocycles. The minimum Gasteiger partial charge on any atom is -0.479 e. The van der Waals surface area contributed by atoms with Crippen molar-refractivity contribution in [3.05, 3.63) is 59.1 Å². The number of carbonyl (C=O) groups is 2. The van der Waals surface area contributed by atoms with Gasteiger partial charge in [-0.05, 0) is 49.7 Å². The van der Waals surface area contributed by atoms with Crippen LogP contribution < -0.4 is 10.1 Å². The van der Waals surface area contributed by atoms with Crippen LogP contribution >= 0.6 is 11.6 Å². The molecule has 2 aromatic rings. The van der Waals surface area contributed by atoms with Gasteiger partial charge in [0.05, 0.1) is 17.3 Å². The number of benzene rings is 2. The third kappa shape index (κ3) is 5.50. The van der Waals surface area contributed by atoms with Crippen molar-refractivity contribution in [2.75, 3.05) is 11.9 Å². The van der Waals surface area contributed by atoms with E-state index in [9.17, 15) is 9.59 Å². The Labute approximate surface area is 151 Å². The number of esters is 1. The van der Waals surface area contributed by atoms with E-state index >= 15 is 0 Å². The number of para-hydroxylation sites is 1. The number of nitrogens with one attached hydrogen (secondary N) is 1. The zero-order chi connectivity index (χ0) is 18.2. The molecule has 0 aromatic heterocycles. The molecule has 0 bridgehead atoms. The molecule has 0 aliphatic heterocycles. The van der Waals surface area contributed by atoms with Crippen molar-refractivity contribution in [1.29, 1.82) is 0 Å². The van der Waals surface area contributed by atoms with Crippen LogP contribution in [0.2, 0.25) is 5.02 Å². The summed E-state index contributed by atoms with van der Waals surface area (Å²) in [5, 5.41) is 3.21. The van der Waals surface area contributed by atoms with Crippen LogP contribution in [-0.4, -0.2) is 24.6 Å². The number of rotatable bonds is 7. The number of halogens is 1. The molecular formula is C19H20ClNO4. The lowest BCUT2D eigenvalue weighted by Gasteiger charge is -2.14. The topological polar surface area (TPSA) is 64.6 Å². The Morgan fingerprint density at radius 2 is 1.80 bits per heavy atom. The van der Waals surface area contributed by atoms with Gasteiger partial charge in [0.2, 0.25) is 0 Å². The summed E-state index contributed by atoms with van der Waals surface area (Å²) < 4.78 is 10.5. The van der Waals surface area contributed by atoms with Gasteiger partial charge in [-0.15, -0.1) is 0 Å². The standard InChI is InChI=1S/C19H20ClNO4/c1-3-12-24-19(23)13(2)25-15-10-8-14(9-11-15)18(22)21-17-7-5-4-6-16(17)20/h4-11,13H,3,12H2,1-2H3,(H,21,22)/t13-/m0/s1.